The number of carboxylic acids is 2. The van der Waals surface area contributed by atoms with Crippen molar-refractivity contribution in [1.29, 1.82) is 0 Å². The molecule has 2 amide bonds. The predicted molar refractivity (Wildman–Crippen MR) is 108 cm³/mol. The zero-order valence-corrected chi connectivity index (χ0v) is 21.1. The van der Waals surface area contributed by atoms with Gasteiger partial charge in [0.05, 0.1) is 13.2 Å². The molecule has 14 heteroatoms. The van der Waals surface area contributed by atoms with Gasteiger partial charge < -0.3 is 56.3 Å². The van der Waals surface area contributed by atoms with E-state index in [1.165, 1.54) is 27.7 Å². The average molecular weight is 502 g/mol. The summed E-state index contributed by atoms with van der Waals surface area (Å²) in [5.41, 5.74) is -1.91. The van der Waals surface area contributed by atoms with E-state index in [-0.39, 0.29) is 82.4 Å². The molecule has 0 rings (SSSR count). The van der Waals surface area contributed by atoms with Crippen molar-refractivity contribution in [2.45, 2.75) is 52.7 Å². The molecule has 2 atom stereocenters. The summed E-state index contributed by atoms with van der Waals surface area (Å²) in [4.78, 5) is 42.6. The third kappa shape index (κ3) is 16.6. The van der Waals surface area contributed by atoms with Gasteiger partial charge in [-0.15, -0.1) is 0 Å². The summed E-state index contributed by atoms with van der Waals surface area (Å²) < 4.78 is 0. The molecule has 0 aliphatic rings. The maximum absolute atomic E-state index is 11.2. The van der Waals surface area contributed by atoms with Crippen LogP contribution in [0.3, 0.4) is 0 Å². The van der Waals surface area contributed by atoms with Crippen LogP contribution in [-0.2, 0) is 19.2 Å². The molecule has 0 fully saturated rings. The van der Waals surface area contributed by atoms with E-state index >= 15 is 0 Å². The first-order chi connectivity index (χ1) is 13.6. The van der Waals surface area contributed by atoms with Crippen molar-refractivity contribution in [3.63, 3.8) is 0 Å². The Morgan fingerprint density at radius 2 is 1.00 bits per heavy atom. The Bertz CT molecular complexity index is 535. The van der Waals surface area contributed by atoms with Crippen LogP contribution in [0, 0.1) is 10.8 Å². The largest absolute Gasteiger partial charge is 2.00 e. The topological polar surface area (TPSA) is 251 Å². The van der Waals surface area contributed by atoms with Gasteiger partial charge in [0.1, 0.15) is 12.2 Å². The van der Waals surface area contributed by atoms with Crippen molar-refractivity contribution in [3.8, 4) is 0 Å². The van der Waals surface area contributed by atoms with Gasteiger partial charge in [0.25, 0.3) is 0 Å². The van der Waals surface area contributed by atoms with Gasteiger partial charge in [-0.2, -0.15) is 0 Å². The molecule has 13 nitrogen and oxygen atoms in total. The number of carbonyl (C=O) groups excluding carboxylic acids is 4. The van der Waals surface area contributed by atoms with Crippen molar-refractivity contribution in [2.24, 2.45) is 10.8 Å². The molecule has 184 valence electrons. The fourth-order valence-corrected chi connectivity index (χ4v) is 1.65. The first-order valence-electron chi connectivity index (χ1n) is 9.15. The molecule has 0 unspecified atom stereocenters. The van der Waals surface area contributed by atoms with Crippen LogP contribution in [0.4, 0.5) is 0 Å². The second-order valence-corrected chi connectivity index (χ2v) is 7.92. The summed E-state index contributed by atoms with van der Waals surface area (Å²) >= 11 is 0. The van der Waals surface area contributed by atoms with Gasteiger partial charge >= 0.3 is 37.7 Å². The van der Waals surface area contributed by atoms with Gasteiger partial charge in [-0.25, -0.2) is 0 Å². The quantitative estimate of drug-likeness (QED) is 0.0836. The minimum absolute atomic E-state index is 0. The Hall–Kier alpha value is -1.06. The monoisotopic (exact) mass is 502 g/mol. The van der Waals surface area contributed by atoms with Crippen molar-refractivity contribution >= 4 is 61.5 Å². The van der Waals surface area contributed by atoms with Crippen LogP contribution >= 0.6 is 0 Å². The summed E-state index contributed by atoms with van der Waals surface area (Å²) in [6, 6.07) is 0. The average Bonchev–Trinajstić information content (AvgIpc) is 2.66. The van der Waals surface area contributed by atoms with Crippen LogP contribution in [0.2, 0.25) is 0 Å². The predicted octanol–water partition coefficient (Wildman–Crippen LogP) is -5.96. The number of carbonyl (C=O) groups is 4. The molecule has 0 aromatic carbocycles. The summed E-state index contributed by atoms with van der Waals surface area (Å²) in [7, 11) is 0. The van der Waals surface area contributed by atoms with Crippen LogP contribution < -0.4 is 20.8 Å². The van der Waals surface area contributed by atoms with Gasteiger partial charge in [-0.1, -0.05) is 27.7 Å². The molecule has 32 heavy (non-hydrogen) atoms. The molecule has 8 N–H and O–H groups in total. The van der Waals surface area contributed by atoms with Gasteiger partial charge in [0, 0.05) is 48.7 Å². The van der Waals surface area contributed by atoms with E-state index in [1.807, 2.05) is 0 Å². The Kier molecular flexibility index (Phi) is 21.9. The Morgan fingerprint density at radius 3 is 1.19 bits per heavy atom. The van der Waals surface area contributed by atoms with E-state index in [9.17, 15) is 39.6 Å². The molecule has 0 spiro atoms. The molecule has 0 aromatic rings. The van der Waals surface area contributed by atoms with Crippen LogP contribution in [0.5, 0.6) is 0 Å². The molecule has 0 saturated heterocycles. The second kappa shape index (κ2) is 18.4. The Balaban J connectivity index is -0.000000231. The minimum atomic E-state index is -1.37. The molecule has 0 saturated carbocycles. The van der Waals surface area contributed by atoms with E-state index in [4.69, 9.17) is 10.2 Å². The van der Waals surface area contributed by atoms with Gasteiger partial charge in [0.2, 0.25) is 11.8 Å². The second-order valence-electron chi connectivity index (χ2n) is 7.92. The molecule has 0 aliphatic heterocycles. The number of amides is 2. The van der Waals surface area contributed by atoms with Crippen LogP contribution in [0.15, 0.2) is 0 Å². The number of aliphatic carboxylic acids is 2. The van der Waals surface area contributed by atoms with E-state index < -0.39 is 46.8 Å². The SMILES string of the molecule is CC(C)(CO)[C@@H](O)C(=O)[15NH][13CH2][13CH2][13C](=O)[O-].CC(C)(CO)[C@@H](O)C(=O)[15NH][13CH2][13CH2][13C](=O)[O-].O.[Ca+2]. The van der Waals surface area contributed by atoms with Gasteiger partial charge in [-0.3, -0.25) is 9.59 Å². The van der Waals surface area contributed by atoms with Crippen LogP contribution in [0.25, 0.3) is 0 Å². The van der Waals surface area contributed by atoms with Crippen LogP contribution in [0.1, 0.15) is 40.5 Å². The van der Waals surface area contributed by atoms with E-state index in [0.717, 1.165) is 0 Å². The number of hydrogen-bond acceptors (Lipinski definition) is 10. The number of rotatable bonds is 12. The third-order valence-electron chi connectivity index (χ3n) is 4.05. The number of hydrogen-bond donors (Lipinski definition) is 6. The van der Waals surface area contributed by atoms with Gasteiger partial charge in [0.15, 0.2) is 0 Å². The normalized spacial score (nSPS) is 12.5. The van der Waals surface area contributed by atoms with Gasteiger partial charge in [-0.05, 0) is 0 Å². The summed E-state index contributed by atoms with van der Waals surface area (Å²) in [5.74, 6) is -3.94. The minimum Gasteiger partial charge on any atom is -0.550 e. The molecule has 0 aromatic heterocycles. The maximum Gasteiger partial charge on any atom is 2.00 e. The number of aliphatic hydroxyl groups is 4. The first kappa shape index (κ1) is 38.2. The summed E-state index contributed by atoms with van der Waals surface area (Å²) in [6.07, 6.45) is -3.36. The number of nitrogens with one attached hydrogen (secondary N) is 2. The Morgan fingerprint density at radius 1 is 0.750 bits per heavy atom. The molecular weight excluding hydrogens is 468 g/mol. The summed E-state index contributed by atoms with van der Waals surface area (Å²) in [6.45, 7) is 5.21. The maximum atomic E-state index is 11.2. The number of carboxylic acid groups (broad SMARTS) is 2. The van der Waals surface area contributed by atoms with Crippen molar-refractivity contribution in [3.05, 3.63) is 0 Å². The molecule has 0 heterocycles. The van der Waals surface area contributed by atoms with E-state index in [0.29, 0.717) is 0 Å². The van der Waals surface area contributed by atoms with E-state index in [1.54, 1.807) is 0 Å². The Labute approximate surface area is 216 Å². The van der Waals surface area contributed by atoms with Crippen molar-refractivity contribution < 1.29 is 55.3 Å². The molecule has 0 bridgehead atoms. The zero-order chi connectivity index (χ0) is 24.1. The molecule has 0 radical (unpaired) electrons. The van der Waals surface area contributed by atoms with Crippen molar-refractivity contribution in [1.82, 2.24) is 10.6 Å². The fourth-order valence-electron chi connectivity index (χ4n) is 1.65. The standard InChI is InChI=1S/2C9H17NO5.Ca.H2O/c2*1-9(2,5-11)7(14)8(15)10-4-3-6(12)13;;/h2*7,11,14H,3-5H2,1-2H3,(H,10,15)(H,12,13);;1H2/q;;+2;/p-2/t2*7-;;/m00../s1/i2*3+1,4+1,6+1,10+1;;. The van der Waals surface area contributed by atoms with Crippen LogP contribution in [-0.4, -0.2) is 126 Å². The summed E-state index contributed by atoms with van der Waals surface area (Å²) in [5, 5.41) is 61.3. The first-order valence-corrected chi connectivity index (χ1v) is 9.15. The molecule has 0 aliphatic carbocycles. The smallest absolute Gasteiger partial charge is 0.550 e. The fraction of sp³-hybridized carbons (Fsp3) is 0.778. The van der Waals surface area contributed by atoms with Crippen molar-refractivity contribution in [2.75, 3.05) is 26.3 Å². The molecular formula is C18H34CaN2O11. The third-order valence-corrected chi connectivity index (χ3v) is 4.05. The number of aliphatic hydroxyl groups excluding tert-OH is 4. The van der Waals surface area contributed by atoms with E-state index in [2.05, 4.69) is 10.6 Å². The zero-order valence-electron chi connectivity index (χ0n) is 18.8.